The highest BCUT2D eigenvalue weighted by Gasteiger charge is 2.09. The SMILES string of the molecule is [CH2]CN(C(=S)NC(C)C)c1ccccc1. The lowest BCUT2D eigenvalue weighted by Crippen LogP contribution is -2.42. The number of benzene rings is 1. The third kappa shape index (κ3) is 3.51. The van der Waals surface area contributed by atoms with Crippen LogP contribution in [0.15, 0.2) is 30.3 Å². The summed E-state index contributed by atoms with van der Waals surface area (Å²) in [6.45, 7) is 8.65. The van der Waals surface area contributed by atoms with Gasteiger partial charge in [-0.15, -0.1) is 0 Å². The average Bonchev–Trinajstić information content (AvgIpc) is 2.19. The van der Waals surface area contributed by atoms with Crippen molar-refractivity contribution in [1.29, 1.82) is 0 Å². The zero-order valence-corrected chi connectivity index (χ0v) is 10.1. The second-order valence-corrected chi connectivity index (χ2v) is 3.98. The van der Waals surface area contributed by atoms with Crippen molar-refractivity contribution in [2.24, 2.45) is 0 Å². The molecule has 15 heavy (non-hydrogen) atoms. The molecule has 0 fully saturated rings. The van der Waals surface area contributed by atoms with Gasteiger partial charge < -0.3 is 10.2 Å². The second kappa shape index (κ2) is 5.71. The Kier molecular flexibility index (Phi) is 4.56. The van der Waals surface area contributed by atoms with Crippen molar-refractivity contribution in [1.82, 2.24) is 5.32 Å². The molecule has 0 amide bonds. The predicted octanol–water partition coefficient (Wildman–Crippen LogP) is 2.61. The Morgan fingerprint density at radius 3 is 2.47 bits per heavy atom. The van der Waals surface area contributed by atoms with Gasteiger partial charge in [0.2, 0.25) is 0 Å². The van der Waals surface area contributed by atoms with Crippen LogP contribution in [0.25, 0.3) is 0 Å². The van der Waals surface area contributed by atoms with Crippen LogP contribution in [0.2, 0.25) is 0 Å². The van der Waals surface area contributed by atoms with Crippen molar-refractivity contribution < 1.29 is 0 Å². The molecule has 0 unspecified atom stereocenters. The van der Waals surface area contributed by atoms with Crippen molar-refractivity contribution in [2.45, 2.75) is 19.9 Å². The van der Waals surface area contributed by atoms with Crippen molar-refractivity contribution >= 4 is 23.0 Å². The van der Waals surface area contributed by atoms with Crippen LogP contribution < -0.4 is 10.2 Å². The molecule has 0 bridgehead atoms. The standard InChI is InChI=1S/C12H17N2S/c1-4-14(12(15)13-10(2)3)11-8-6-5-7-9-11/h5-10H,1,4H2,2-3H3,(H,13,15). The summed E-state index contributed by atoms with van der Waals surface area (Å²) < 4.78 is 0. The smallest absolute Gasteiger partial charge is 0.173 e. The molecule has 1 aromatic rings. The zero-order chi connectivity index (χ0) is 11.3. The maximum atomic E-state index is 5.31. The van der Waals surface area contributed by atoms with Crippen LogP contribution >= 0.6 is 12.2 Å². The maximum Gasteiger partial charge on any atom is 0.173 e. The van der Waals surface area contributed by atoms with E-state index in [1.54, 1.807) is 0 Å². The van der Waals surface area contributed by atoms with Crippen molar-refractivity contribution in [3.8, 4) is 0 Å². The second-order valence-electron chi connectivity index (χ2n) is 3.59. The summed E-state index contributed by atoms with van der Waals surface area (Å²) in [5.74, 6) is 0. The molecule has 0 spiro atoms. The fourth-order valence-electron chi connectivity index (χ4n) is 1.28. The van der Waals surface area contributed by atoms with Gasteiger partial charge in [0.1, 0.15) is 0 Å². The van der Waals surface area contributed by atoms with E-state index >= 15 is 0 Å². The average molecular weight is 221 g/mol. The molecule has 3 heteroatoms. The molecule has 1 rings (SSSR count). The molecule has 0 saturated heterocycles. The summed E-state index contributed by atoms with van der Waals surface area (Å²) >= 11 is 5.31. The highest BCUT2D eigenvalue weighted by Crippen LogP contribution is 2.12. The summed E-state index contributed by atoms with van der Waals surface area (Å²) in [5.41, 5.74) is 1.07. The molecule has 81 valence electrons. The largest absolute Gasteiger partial charge is 0.360 e. The van der Waals surface area contributed by atoms with E-state index in [1.807, 2.05) is 35.2 Å². The van der Waals surface area contributed by atoms with Crippen LogP contribution in [0.4, 0.5) is 5.69 Å². The number of nitrogens with one attached hydrogen (secondary N) is 1. The fourth-order valence-corrected chi connectivity index (χ4v) is 1.71. The lowest BCUT2D eigenvalue weighted by Gasteiger charge is -2.25. The maximum absolute atomic E-state index is 5.31. The van der Waals surface area contributed by atoms with Crippen molar-refractivity contribution in [3.63, 3.8) is 0 Å². The van der Waals surface area contributed by atoms with E-state index in [1.165, 1.54) is 0 Å². The quantitative estimate of drug-likeness (QED) is 0.790. The molecule has 1 N–H and O–H groups in total. The van der Waals surface area contributed by atoms with Crippen LogP contribution in [-0.2, 0) is 0 Å². The van der Waals surface area contributed by atoms with Gasteiger partial charge in [-0.05, 0) is 45.1 Å². The number of hydrogen-bond acceptors (Lipinski definition) is 1. The molecule has 0 heterocycles. The Labute approximate surface area is 97.3 Å². The van der Waals surface area contributed by atoms with Gasteiger partial charge in [0.05, 0.1) is 0 Å². The Morgan fingerprint density at radius 2 is 2.00 bits per heavy atom. The van der Waals surface area contributed by atoms with Crippen LogP contribution in [0.1, 0.15) is 13.8 Å². The summed E-state index contributed by atoms with van der Waals surface area (Å²) in [6, 6.07) is 10.4. The van der Waals surface area contributed by atoms with Gasteiger partial charge >= 0.3 is 0 Å². The van der Waals surface area contributed by atoms with E-state index < -0.39 is 0 Å². The Hall–Kier alpha value is -1.09. The molecule has 0 saturated carbocycles. The van der Waals surface area contributed by atoms with E-state index in [4.69, 9.17) is 12.2 Å². The highest BCUT2D eigenvalue weighted by atomic mass is 32.1. The molecule has 0 atom stereocenters. The molecule has 0 aliphatic rings. The molecule has 1 aromatic carbocycles. The zero-order valence-electron chi connectivity index (χ0n) is 9.23. The molecule has 1 radical (unpaired) electrons. The molecule has 0 aliphatic carbocycles. The lowest BCUT2D eigenvalue weighted by molar-refractivity contribution is 0.730. The van der Waals surface area contributed by atoms with Gasteiger partial charge in [0.25, 0.3) is 0 Å². The lowest BCUT2D eigenvalue weighted by atomic mass is 10.3. The molecular weight excluding hydrogens is 204 g/mol. The summed E-state index contributed by atoms with van der Waals surface area (Å²) in [6.07, 6.45) is 0. The minimum atomic E-state index is 0.343. The van der Waals surface area contributed by atoms with Crippen LogP contribution in [0.5, 0.6) is 0 Å². The number of rotatable bonds is 3. The van der Waals surface area contributed by atoms with E-state index in [0.29, 0.717) is 12.6 Å². The minimum Gasteiger partial charge on any atom is -0.360 e. The minimum absolute atomic E-state index is 0.343. The molecule has 0 aliphatic heterocycles. The third-order valence-electron chi connectivity index (χ3n) is 1.95. The monoisotopic (exact) mass is 221 g/mol. The molecular formula is C12H17N2S. The van der Waals surface area contributed by atoms with Crippen LogP contribution in [-0.4, -0.2) is 17.7 Å². The third-order valence-corrected chi connectivity index (χ3v) is 2.29. The normalized spacial score (nSPS) is 10.1. The van der Waals surface area contributed by atoms with E-state index in [9.17, 15) is 0 Å². The van der Waals surface area contributed by atoms with Crippen LogP contribution in [0, 0.1) is 6.92 Å². The van der Waals surface area contributed by atoms with E-state index in [0.717, 1.165) is 10.8 Å². The first-order chi connectivity index (χ1) is 7.15. The van der Waals surface area contributed by atoms with E-state index in [-0.39, 0.29) is 0 Å². The van der Waals surface area contributed by atoms with Crippen molar-refractivity contribution in [3.05, 3.63) is 37.3 Å². The summed E-state index contributed by atoms with van der Waals surface area (Å²) in [7, 11) is 0. The first-order valence-corrected chi connectivity index (χ1v) is 5.48. The van der Waals surface area contributed by atoms with Gasteiger partial charge in [-0.2, -0.15) is 0 Å². The Bertz CT molecular complexity index is 309. The summed E-state index contributed by atoms with van der Waals surface area (Å²) in [5, 5.41) is 3.94. The highest BCUT2D eigenvalue weighted by molar-refractivity contribution is 7.80. The van der Waals surface area contributed by atoms with Crippen LogP contribution in [0.3, 0.4) is 0 Å². The fraction of sp³-hybridized carbons (Fsp3) is 0.333. The number of hydrogen-bond donors (Lipinski definition) is 1. The van der Waals surface area contributed by atoms with Gasteiger partial charge in [-0.25, -0.2) is 0 Å². The number of para-hydroxylation sites is 1. The van der Waals surface area contributed by atoms with E-state index in [2.05, 4.69) is 26.1 Å². The number of nitrogens with zero attached hydrogens (tertiary/aromatic N) is 1. The Morgan fingerprint density at radius 1 is 1.40 bits per heavy atom. The molecule has 2 nitrogen and oxygen atoms in total. The predicted molar refractivity (Wildman–Crippen MR) is 70.0 cm³/mol. The summed E-state index contributed by atoms with van der Waals surface area (Å²) in [4.78, 5) is 1.98. The van der Waals surface area contributed by atoms with Crippen molar-refractivity contribution in [2.75, 3.05) is 11.4 Å². The Balaban J connectivity index is 2.76. The topological polar surface area (TPSA) is 15.3 Å². The first-order valence-electron chi connectivity index (χ1n) is 5.07. The first kappa shape index (κ1) is 12.0. The molecule has 0 aromatic heterocycles. The van der Waals surface area contributed by atoms with Gasteiger partial charge in [0.15, 0.2) is 5.11 Å². The number of thiocarbonyl (C=S) groups is 1. The van der Waals surface area contributed by atoms with Gasteiger partial charge in [-0.3, -0.25) is 0 Å². The number of anilines is 1. The van der Waals surface area contributed by atoms with Gasteiger partial charge in [-0.1, -0.05) is 18.2 Å². The van der Waals surface area contributed by atoms with Gasteiger partial charge in [0, 0.05) is 18.3 Å².